The molecule has 0 aliphatic carbocycles. The molecule has 1 rings (SSSR count). The second-order valence-corrected chi connectivity index (χ2v) is 6.17. The lowest BCUT2D eigenvalue weighted by molar-refractivity contribution is -0.136. The van der Waals surface area contributed by atoms with Gasteiger partial charge in [-0.05, 0) is 38.3 Å². The summed E-state index contributed by atoms with van der Waals surface area (Å²) in [5.74, 6) is 0.194. The highest BCUT2D eigenvalue weighted by Gasteiger charge is 2.40. The summed E-state index contributed by atoms with van der Waals surface area (Å²) in [5, 5.41) is 25.0. The Morgan fingerprint density at radius 3 is 2.42 bits per heavy atom. The predicted octanol–water partition coefficient (Wildman–Crippen LogP) is 0.262. The second kappa shape index (κ2) is 6.68. The van der Waals surface area contributed by atoms with Crippen LogP contribution in [0.25, 0.3) is 0 Å². The van der Waals surface area contributed by atoms with Crippen molar-refractivity contribution in [1.29, 1.82) is 0 Å². The lowest BCUT2D eigenvalue weighted by Gasteiger charge is -2.39. The summed E-state index contributed by atoms with van der Waals surface area (Å²) >= 11 is 0. The van der Waals surface area contributed by atoms with E-state index in [0.717, 1.165) is 25.9 Å². The average molecular weight is 272 g/mol. The number of carbonyl (C=O) groups is 1. The summed E-state index contributed by atoms with van der Waals surface area (Å²) in [4.78, 5) is 12.5. The zero-order chi connectivity index (χ0) is 14.5. The molecule has 112 valence electrons. The van der Waals surface area contributed by atoms with Gasteiger partial charge in [-0.2, -0.15) is 0 Å². The van der Waals surface area contributed by atoms with E-state index in [9.17, 15) is 15.0 Å². The van der Waals surface area contributed by atoms with E-state index in [-0.39, 0.29) is 25.0 Å². The summed E-state index contributed by atoms with van der Waals surface area (Å²) in [6.07, 6.45) is 2.62. The molecular formula is C14H28N2O3. The summed E-state index contributed by atoms with van der Waals surface area (Å²) in [6, 6.07) is 0. The molecule has 0 radical (unpaired) electrons. The summed E-state index contributed by atoms with van der Waals surface area (Å²) < 4.78 is 0. The molecule has 19 heavy (non-hydrogen) atoms. The maximum absolute atomic E-state index is 12.5. The standard InChI is InChI=1S/C14H28N2O3/c1-4-14(9-17,10-18)16-12(19)13(2,3)11-6-5-7-15-8-11/h11,15,17-18H,4-10H2,1-3H3,(H,16,19). The van der Waals surface area contributed by atoms with Crippen molar-refractivity contribution < 1.29 is 15.0 Å². The van der Waals surface area contributed by atoms with Gasteiger partial charge in [-0.1, -0.05) is 20.8 Å². The molecule has 1 heterocycles. The van der Waals surface area contributed by atoms with Crippen LogP contribution in [0.1, 0.15) is 40.0 Å². The first-order valence-electron chi connectivity index (χ1n) is 7.17. The topological polar surface area (TPSA) is 81.6 Å². The Morgan fingerprint density at radius 2 is 2.00 bits per heavy atom. The molecule has 1 fully saturated rings. The molecule has 1 unspecified atom stereocenters. The number of carbonyl (C=O) groups excluding carboxylic acids is 1. The molecule has 1 aliphatic heterocycles. The Kier molecular flexibility index (Phi) is 5.77. The van der Waals surface area contributed by atoms with E-state index in [1.807, 2.05) is 20.8 Å². The first-order valence-corrected chi connectivity index (χ1v) is 7.17. The van der Waals surface area contributed by atoms with Crippen molar-refractivity contribution in [3.05, 3.63) is 0 Å². The maximum Gasteiger partial charge on any atom is 0.226 e. The van der Waals surface area contributed by atoms with Crippen molar-refractivity contribution >= 4 is 5.91 Å². The van der Waals surface area contributed by atoms with Crippen LogP contribution in [0, 0.1) is 11.3 Å². The number of nitrogens with one attached hydrogen (secondary N) is 2. The van der Waals surface area contributed by atoms with E-state index in [0.29, 0.717) is 6.42 Å². The van der Waals surface area contributed by atoms with Crippen LogP contribution < -0.4 is 10.6 Å². The molecule has 1 atom stereocenters. The zero-order valence-electron chi connectivity index (χ0n) is 12.3. The van der Waals surface area contributed by atoms with Crippen LogP contribution >= 0.6 is 0 Å². The van der Waals surface area contributed by atoms with Crippen molar-refractivity contribution in [2.24, 2.45) is 11.3 Å². The summed E-state index contributed by atoms with van der Waals surface area (Å²) in [5.41, 5.74) is -1.41. The van der Waals surface area contributed by atoms with E-state index >= 15 is 0 Å². The smallest absolute Gasteiger partial charge is 0.226 e. The molecule has 1 saturated heterocycles. The molecule has 1 amide bonds. The van der Waals surface area contributed by atoms with E-state index < -0.39 is 11.0 Å². The van der Waals surface area contributed by atoms with Crippen molar-refractivity contribution in [1.82, 2.24) is 10.6 Å². The molecule has 5 heteroatoms. The molecule has 1 aliphatic rings. The SMILES string of the molecule is CCC(CO)(CO)NC(=O)C(C)(C)C1CCCNC1. The Morgan fingerprint density at radius 1 is 1.37 bits per heavy atom. The number of piperidine rings is 1. The minimum Gasteiger partial charge on any atom is -0.394 e. The van der Waals surface area contributed by atoms with Crippen LogP contribution in [-0.2, 0) is 4.79 Å². The van der Waals surface area contributed by atoms with Gasteiger partial charge in [0.2, 0.25) is 5.91 Å². The zero-order valence-corrected chi connectivity index (χ0v) is 12.3. The highest BCUT2D eigenvalue weighted by atomic mass is 16.3. The largest absolute Gasteiger partial charge is 0.394 e. The fraction of sp³-hybridized carbons (Fsp3) is 0.929. The third kappa shape index (κ3) is 3.68. The van der Waals surface area contributed by atoms with E-state index in [4.69, 9.17) is 0 Å². The molecule has 0 saturated carbocycles. The van der Waals surface area contributed by atoms with Crippen LogP contribution in [0.4, 0.5) is 0 Å². The molecule has 5 nitrogen and oxygen atoms in total. The molecule has 0 aromatic carbocycles. The van der Waals surface area contributed by atoms with Gasteiger partial charge in [0.25, 0.3) is 0 Å². The van der Waals surface area contributed by atoms with E-state index in [2.05, 4.69) is 10.6 Å². The van der Waals surface area contributed by atoms with Gasteiger partial charge >= 0.3 is 0 Å². The van der Waals surface area contributed by atoms with Crippen molar-refractivity contribution in [3.8, 4) is 0 Å². The lowest BCUT2D eigenvalue weighted by Crippen LogP contribution is -2.58. The van der Waals surface area contributed by atoms with Gasteiger partial charge < -0.3 is 20.8 Å². The van der Waals surface area contributed by atoms with Crippen LogP contribution in [0.3, 0.4) is 0 Å². The highest BCUT2D eigenvalue weighted by Crippen LogP contribution is 2.32. The quantitative estimate of drug-likeness (QED) is 0.559. The van der Waals surface area contributed by atoms with Crippen LogP contribution in [0.2, 0.25) is 0 Å². The number of rotatable bonds is 6. The fourth-order valence-corrected chi connectivity index (χ4v) is 2.50. The van der Waals surface area contributed by atoms with Crippen molar-refractivity contribution in [2.45, 2.75) is 45.6 Å². The highest BCUT2D eigenvalue weighted by molar-refractivity contribution is 5.83. The molecule has 0 bridgehead atoms. The normalized spacial score (nSPS) is 21.2. The maximum atomic E-state index is 12.5. The molecule has 0 aromatic rings. The Hall–Kier alpha value is -0.650. The van der Waals surface area contributed by atoms with Crippen LogP contribution in [0.5, 0.6) is 0 Å². The number of amides is 1. The van der Waals surface area contributed by atoms with Gasteiger partial charge in [0.05, 0.1) is 18.8 Å². The number of hydrogen-bond acceptors (Lipinski definition) is 4. The van der Waals surface area contributed by atoms with Crippen LogP contribution in [-0.4, -0.2) is 48.0 Å². The predicted molar refractivity (Wildman–Crippen MR) is 74.7 cm³/mol. The Balaban J connectivity index is 2.74. The van der Waals surface area contributed by atoms with Crippen molar-refractivity contribution in [2.75, 3.05) is 26.3 Å². The first-order chi connectivity index (χ1) is 8.91. The molecule has 0 spiro atoms. The minimum absolute atomic E-state index is 0.0915. The van der Waals surface area contributed by atoms with Gasteiger partial charge in [-0.15, -0.1) is 0 Å². The van der Waals surface area contributed by atoms with Gasteiger partial charge in [0.15, 0.2) is 0 Å². The third-order valence-corrected chi connectivity index (χ3v) is 4.56. The average Bonchev–Trinajstić information content (AvgIpc) is 2.45. The molecular weight excluding hydrogens is 244 g/mol. The van der Waals surface area contributed by atoms with E-state index in [1.165, 1.54) is 0 Å². The first kappa shape index (κ1) is 16.4. The van der Waals surface area contributed by atoms with Crippen LogP contribution in [0.15, 0.2) is 0 Å². The molecule has 0 aromatic heterocycles. The van der Waals surface area contributed by atoms with Gasteiger partial charge in [-0.3, -0.25) is 4.79 Å². The summed E-state index contributed by atoms with van der Waals surface area (Å²) in [7, 11) is 0. The number of aliphatic hydroxyl groups excluding tert-OH is 2. The van der Waals surface area contributed by atoms with Gasteiger partial charge in [-0.25, -0.2) is 0 Å². The van der Waals surface area contributed by atoms with Gasteiger partial charge in [0.1, 0.15) is 0 Å². The lowest BCUT2D eigenvalue weighted by atomic mass is 9.74. The minimum atomic E-state index is -0.906. The summed E-state index contributed by atoms with van der Waals surface area (Å²) in [6.45, 7) is 7.10. The molecule has 4 N–H and O–H groups in total. The van der Waals surface area contributed by atoms with Gasteiger partial charge in [0, 0.05) is 5.41 Å². The van der Waals surface area contributed by atoms with Crippen molar-refractivity contribution in [3.63, 3.8) is 0 Å². The number of hydrogen-bond donors (Lipinski definition) is 4. The Bertz CT molecular complexity index is 287. The van der Waals surface area contributed by atoms with E-state index in [1.54, 1.807) is 0 Å². The third-order valence-electron chi connectivity index (χ3n) is 4.56. The Labute approximate surface area is 115 Å². The second-order valence-electron chi connectivity index (χ2n) is 6.17. The monoisotopic (exact) mass is 272 g/mol. The fourth-order valence-electron chi connectivity index (χ4n) is 2.50. The number of aliphatic hydroxyl groups is 2.